The first-order valence-corrected chi connectivity index (χ1v) is 6.84. The molecular weight excluding hydrogens is 225 g/mol. The second kappa shape index (κ2) is 5.06. The summed E-state index contributed by atoms with van der Waals surface area (Å²) in [5, 5.41) is 3.21. The molecule has 2 rings (SSSR count). The standard InChI is InChI=1S/C12H16FNOS/c1-14-12(9-2-3-9)8-16(15)11-6-4-10(13)5-7-11/h4-7,9,12,14H,2-3,8H2,1H3. The Morgan fingerprint density at radius 2 is 2.06 bits per heavy atom. The maximum absolute atomic E-state index is 12.7. The third-order valence-electron chi connectivity index (χ3n) is 2.97. The van der Waals surface area contributed by atoms with E-state index in [9.17, 15) is 8.60 Å². The van der Waals surface area contributed by atoms with Gasteiger partial charge in [0.05, 0.1) is 10.8 Å². The first-order valence-electron chi connectivity index (χ1n) is 5.52. The van der Waals surface area contributed by atoms with Crippen LogP contribution in [0.3, 0.4) is 0 Å². The average molecular weight is 241 g/mol. The van der Waals surface area contributed by atoms with Crippen molar-refractivity contribution in [1.82, 2.24) is 5.32 Å². The molecule has 0 spiro atoms. The molecule has 2 unspecified atom stereocenters. The van der Waals surface area contributed by atoms with Gasteiger partial charge >= 0.3 is 0 Å². The lowest BCUT2D eigenvalue weighted by molar-refractivity contribution is 0.546. The maximum atomic E-state index is 12.7. The topological polar surface area (TPSA) is 29.1 Å². The summed E-state index contributed by atoms with van der Waals surface area (Å²) < 4.78 is 24.7. The Bertz CT molecular complexity index is 375. The molecule has 1 aromatic rings. The highest BCUT2D eigenvalue weighted by Crippen LogP contribution is 2.33. The predicted octanol–water partition coefficient (Wildman–Crippen LogP) is 1.93. The van der Waals surface area contributed by atoms with Gasteiger partial charge in [0.2, 0.25) is 0 Å². The van der Waals surface area contributed by atoms with Gasteiger partial charge in [0, 0.05) is 16.7 Å². The summed E-state index contributed by atoms with van der Waals surface area (Å²) in [6, 6.07) is 6.25. The van der Waals surface area contributed by atoms with Gasteiger partial charge in [-0.2, -0.15) is 0 Å². The fourth-order valence-corrected chi connectivity index (χ4v) is 3.20. The number of halogens is 1. The Balaban J connectivity index is 1.98. The van der Waals surface area contributed by atoms with Crippen LogP contribution in [-0.4, -0.2) is 23.1 Å². The summed E-state index contributed by atoms with van der Waals surface area (Å²) in [6.45, 7) is 0. The van der Waals surface area contributed by atoms with Crippen LogP contribution in [0.2, 0.25) is 0 Å². The van der Waals surface area contributed by atoms with Gasteiger partial charge in [0.25, 0.3) is 0 Å². The Hall–Kier alpha value is -0.740. The normalized spacial score (nSPS) is 19.4. The van der Waals surface area contributed by atoms with Crippen molar-refractivity contribution >= 4 is 10.8 Å². The second-order valence-corrected chi connectivity index (χ2v) is 5.69. The van der Waals surface area contributed by atoms with Gasteiger partial charge in [-0.15, -0.1) is 0 Å². The highest BCUT2D eigenvalue weighted by atomic mass is 32.2. The van der Waals surface area contributed by atoms with Crippen LogP contribution in [0.1, 0.15) is 12.8 Å². The van der Waals surface area contributed by atoms with Crippen molar-refractivity contribution in [2.24, 2.45) is 5.92 Å². The maximum Gasteiger partial charge on any atom is 0.123 e. The monoisotopic (exact) mass is 241 g/mol. The third-order valence-corrected chi connectivity index (χ3v) is 4.43. The molecule has 2 nitrogen and oxygen atoms in total. The molecule has 0 heterocycles. The lowest BCUT2D eigenvalue weighted by atomic mass is 10.2. The van der Waals surface area contributed by atoms with Crippen LogP contribution in [0.15, 0.2) is 29.2 Å². The molecule has 0 bridgehead atoms. The number of nitrogens with one attached hydrogen (secondary N) is 1. The van der Waals surface area contributed by atoms with E-state index in [0.29, 0.717) is 22.6 Å². The van der Waals surface area contributed by atoms with Crippen molar-refractivity contribution in [2.75, 3.05) is 12.8 Å². The summed E-state index contributed by atoms with van der Waals surface area (Å²) in [5.74, 6) is 1.01. The molecule has 1 N–H and O–H groups in total. The van der Waals surface area contributed by atoms with Crippen molar-refractivity contribution in [3.8, 4) is 0 Å². The van der Waals surface area contributed by atoms with Crippen LogP contribution in [0.5, 0.6) is 0 Å². The molecule has 0 aliphatic heterocycles. The highest BCUT2D eigenvalue weighted by molar-refractivity contribution is 7.85. The van der Waals surface area contributed by atoms with Gasteiger partial charge in [-0.05, 0) is 50.1 Å². The molecule has 88 valence electrons. The minimum absolute atomic E-state index is 0.284. The van der Waals surface area contributed by atoms with Gasteiger partial charge in [-0.25, -0.2) is 4.39 Å². The van der Waals surface area contributed by atoms with Crippen LogP contribution in [0, 0.1) is 11.7 Å². The molecule has 16 heavy (non-hydrogen) atoms. The average Bonchev–Trinajstić information content (AvgIpc) is 3.10. The molecule has 1 aliphatic carbocycles. The minimum Gasteiger partial charge on any atom is -0.316 e. The van der Waals surface area contributed by atoms with Crippen LogP contribution >= 0.6 is 0 Å². The second-order valence-electron chi connectivity index (χ2n) is 4.20. The quantitative estimate of drug-likeness (QED) is 0.853. The number of benzene rings is 1. The Morgan fingerprint density at radius 3 is 2.56 bits per heavy atom. The lowest BCUT2D eigenvalue weighted by Gasteiger charge is -2.14. The molecular formula is C12H16FNOS. The Kier molecular flexibility index (Phi) is 3.71. The molecule has 0 aromatic heterocycles. The molecule has 1 aromatic carbocycles. The largest absolute Gasteiger partial charge is 0.316 e. The van der Waals surface area contributed by atoms with Crippen LogP contribution in [0.25, 0.3) is 0 Å². The van der Waals surface area contributed by atoms with E-state index in [1.54, 1.807) is 12.1 Å². The Morgan fingerprint density at radius 1 is 1.44 bits per heavy atom. The number of hydrogen-bond acceptors (Lipinski definition) is 2. The molecule has 1 aliphatic rings. The van der Waals surface area contributed by atoms with Crippen molar-refractivity contribution < 1.29 is 8.60 Å². The smallest absolute Gasteiger partial charge is 0.123 e. The summed E-state index contributed by atoms with van der Waals surface area (Å²) in [7, 11) is 0.876. The van der Waals surface area contributed by atoms with Gasteiger partial charge in [0.15, 0.2) is 0 Å². The van der Waals surface area contributed by atoms with Crippen molar-refractivity contribution in [3.63, 3.8) is 0 Å². The van der Waals surface area contributed by atoms with Crippen LogP contribution in [0.4, 0.5) is 4.39 Å². The fourth-order valence-electron chi connectivity index (χ4n) is 1.80. The molecule has 1 fully saturated rings. The third kappa shape index (κ3) is 2.89. The lowest BCUT2D eigenvalue weighted by Crippen LogP contribution is -2.33. The zero-order valence-corrected chi connectivity index (χ0v) is 10.1. The van der Waals surface area contributed by atoms with Crippen molar-refractivity contribution in [1.29, 1.82) is 0 Å². The van der Waals surface area contributed by atoms with E-state index in [2.05, 4.69) is 5.32 Å². The fraction of sp³-hybridized carbons (Fsp3) is 0.500. The van der Waals surface area contributed by atoms with Gasteiger partial charge < -0.3 is 5.32 Å². The minimum atomic E-state index is -1.03. The van der Waals surface area contributed by atoms with E-state index < -0.39 is 10.8 Å². The van der Waals surface area contributed by atoms with Crippen molar-refractivity contribution in [2.45, 2.75) is 23.8 Å². The van der Waals surface area contributed by atoms with Crippen LogP contribution < -0.4 is 5.32 Å². The highest BCUT2D eigenvalue weighted by Gasteiger charge is 2.31. The first-order chi connectivity index (χ1) is 7.70. The molecule has 4 heteroatoms. The zero-order valence-electron chi connectivity index (χ0n) is 9.28. The SMILES string of the molecule is CNC(CS(=O)c1ccc(F)cc1)C1CC1. The van der Waals surface area contributed by atoms with Gasteiger partial charge in [-0.3, -0.25) is 4.21 Å². The van der Waals surface area contributed by atoms with Gasteiger partial charge in [0.1, 0.15) is 5.82 Å². The van der Waals surface area contributed by atoms with E-state index in [-0.39, 0.29) is 5.82 Å². The van der Waals surface area contributed by atoms with E-state index in [4.69, 9.17) is 0 Å². The Labute approximate surface area is 97.7 Å². The summed E-state index contributed by atoms with van der Waals surface area (Å²) in [5.41, 5.74) is 0. The number of hydrogen-bond donors (Lipinski definition) is 1. The zero-order chi connectivity index (χ0) is 11.5. The molecule has 1 saturated carbocycles. The number of rotatable bonds is 5. The summed E-state index contributed by atoms with van der Waals surface area (Å²) in [4.78, 5) is 0.710. The van der Waals surface area contributed by atoms with Crippen LogP contribution in [-0.2, 0) is 10.8 Å². The van der Waals surface area contributed by atoms with E-state index in [0.717, 1.165) is 0 Å². The first kappa shape index (κ1) is 11.7. The predicted molar refractivity (Wildman–Crippen MR) is 63.2 cm³/mol. The van der Waals surface area contributed by atoms with E-state index >= 15 is 0 Å². The molecule has 0 radical (unpaired) electrons. The van der Waals surface area contributed by atoms with E-state index in [1.807, 2.05) is 7.05 Å². The molecule has 2 atom stereocenters. The summed E-state index contributed by atoms with van der Waals surface area (Å²) in [6.07, 6.45) is 2.46. The summed E-state index contributed by atoms with van der Waals surface area (Å²) >= 11 is 0. The molecule has 0 saturated heterocycles. The van der Waals surface area contributed by atoms with E-state index in [1.165, 1.54) is 25.0 Å². The molecule has 0 amide bonds. The van der Waals surface area contributed by atoms with Gasteiger partial charge in [-0.1, -0.05) is 0 Å². The van der Waals surface area contributed by atoms with Crippen molar-refractivity contribution in [3.05, 3.63) is 30.1 Å².